The molecule has 1 unspecified atom stereocenters. The summed E-state index contributed by atoms with van der Waals surface area (Å²) in [7, 11) is 0. The molecule has 3 amide bonds. The van der Waals surface area contributed by atoms with Crippen molar-refractivity contribution in [2.75, 3.05) is 18.0 Å². The van der Waals surface area contributed by atoms with E-state index in [4.69, 9.17) is 0 Å². The normalized spacial score (nSPS) is 16.9. The standard InChI is InChI=1S/C24H25FN4O3/c1-15(23(31)26-11-10-16-13-27-21-5-3-2-4-20(16)21)28-24(32)17-12-22(30)29(14-17)19-8-6-18(25)7-9-19/h2-9,13,15,17,27H,10-12,14H2,1H3,(H,26,31)(H,28,32)/t15-,17?/m0/s1. The molecule has 7 nitrogen and oxygen atoms in total. The summed E-state index contributed by atoms with van der Waals surface area (Å²) >= 11 is 0. The molecule has 0 aliphatic carbocycles. The van der Waals surface area contributed by atoms with Crippen molar-refractivity contribution in [3.8, 4) is 0 Å². The van der Waals surface area contributed by atoms with Crippen molar-refractivity contribution < 1.29 is 18.8 Å². The molecule has 1 fully saturated rings. The van der Waals surface area contributed by atoms with E-state index in [0.717, 1.165) is 16.5 Å². The summed E-state index contributed by atoms with van der Waals surface area (Å²) < 4.78 is 13.1. The third-order valence-corrected chi connectivity index (χ3v) is 5.75. The van der Waals surface area contributed by atoms with Gasteiger partial charge in [-0.2, -0.15) is 0 Å². The monoisotopic (exact) mass is 436 g/mol. The minimum absolute atomic E-state index is 0.0537. The lowest BCUT2D eigenvalue weighted by Gasteiger charge is -2.18. The van der Waals surface area contributed by atoms with Gasteiger partial charge in [-0.1, -0.05) is 18.2 Å². The van der Waals surface area contributed by atoms with Crippen LogP contribution in [0, 0.1) is 11.7 Å². The lowest BCUT2D eigenvalue weighted by Crippen LogP contribution is -2.47. The smallest absolute Gasteiger partial charge is 0.242 e. The molecule has 0 radical (unpaired) electrons. The van der Waals surface area contributed by atoms with E-state index in [2.05, 4.69) is 15.6 Å². The quantitative estimate of drug-likeness (QED) is 0.531. The molecule has 1 aliphatic rings. The molecule has 32 heavy (non-hydrogen) atoms. The van der Waals surface area contributed by atoms with Gasteiger partial charge in [0.15, 0.2) is 0 Å². The van der Waals surface area contributed by atoms with Crippen LogP contribution < -0.4 is 15.5 Å². The number of aromatic amines is 1. The molecule has 2 heterocycles. The Morgan fingerprint density at radius 3 is 2.72 bits per heavy atom. The zero-order chi connectivity index (χ0) is 22.7. The molecule has 166 valence electrons. The van der Waals surface area contributed by atoms with E-state index in [1.807, 2.05) is 30.5 Å². The Morgan fingerprint density at radius 1 is 1.19 bits per heavy atom. The number of H-pyrrole nitrogens is 1. The SMILES string of the molecule is C[C@H](NC(=O)C1CC(=O)N(c2ccc(F)cc2)C1)C(=O)NCCc1c[nH]c2ccccc12. The molecular formula is C24H25FN4O3. The van der Waals surface area contributed by atoms with E-state index < -0.39 is 12.0 Å². The zero-order valence-corrected chi connectivity index (χ0v) is 17.7. The van der Waals surface area contributed by atoms with E-state index in [9.17, 15) is 18.8 Å². The summed E-state index contributed by atoms with van der Waals surface area (Å²) in [5.74, 6) is -1.78. The van der Waals surface area contributed by atoms with Gasteiger partial charge in [0.05, 0.1) is 5.92 Å². The second kappa shape index (κ2) is 9.21. The highest BCUT2D eigenvalue weighted by Crippen LogP contribution is 2.25. The second-order valence-corrected chi connectivity index (χ2v) is 8.01. The Kier molecular flexibility index (Phi) is 6.20. The molecule has 3 aromatic rings. The number of amides is 3. The first-order valence-corrected chi connectivity index (χ1v) is 10.6. The lowest BCUT2D eigenvalue weighted by molar-refractivity contribution is -0.130. The zero-order valence-electron chi connectivity index (χ0n) is 17.7. The van der Waals surface area contributed by atoms with Crippen LogP contribution in [0.5, 0.6) is 0 Å². The molecule has 0 bridgehead atoms. The molecule has 3 N–H and O–H groups in total. The molecule has 1 aromatic heterocycles. The number of halogens is 1. The number of nitrogens with zero attached hydrogens (tertiary/aromatic N) is 1. The second-order valence-electron chi connectivity index (χ2n) is 8.01. The number of nitrogens with one attached hydrogen (secondary N) is 3. The van der Waals surface area contributed by atoms with E-state index in [1.165, 1.54) is 29.2 Å². The van der Waals surface area contributed by atoms with Crippen molar-refractivity contribution in [2.24, 2.45) is 5.92 Å². The maximum absolute atomic E-state index is 13.1. The summed E-state index contributed by atoms with van der Waals surface area (Å²) in [4.78, 5) is 42.0. The van der Waals surface area contributed by atoms with Crippen molar-refractivity contribution in [3.05, 3.63) is 66.1 Å². The van der Waals surface area contributed by atoms with Crippen molar-refractivity contribution in [1.82, 2.24) is 15.6 Å². The minimum atomic E-state index is -0.722. The van der Waals surface area contributed by atoms with Crippen LogP contribution in [0.4, 0.5) is 10.1 Å². The van der Waals surface area contributed by atoms with Gasteiger partial charge in [0.25, 0.3) is 0 Å². The Hall–Kier alpha value is -3.68. The Balaban J connectivity index is 1.26. The van der Waals surface area contributed by atoms with Gasteiger partial charge < -0.3 is 20.5 Å². The van der Waals surface area contributed by atoms with Gasteiger partial charge in [-0.15, -0.1) is 0 Å². The summed E-state index contributed by atoms with van der Waals surface area (Å²) in [5.41, 5.74) is 2.72. The fourth-order valence-electron chi connectivity index (χ4n) is 3.96. The van der Waals surface area contributed by atoms with Crippen LogP contribution in [0.25, 0.3) is 10.9 Å². The fourth-order valence-corrected chi connectivity index (χ4v) is 3.96. The van der Waals surface area contributed by atoms with Gasteiger partial charge in [-0.05, 0) is 49.2 Å². The fraction of sp³-hybridized carbons (Fsp3) is 0.292. The van der Waals surface area contributed by atoms with Crippen LogP contribution in [0.15, 0.2) is 54.7 Å². The molecule has 0 spiro atoms. The third-order valence-electron chi connectivity index (χ3n) is 5.75. The van der Waals surface area contributed by atoms with Gasteiger partial charge in [0, 0.05) is 42.3 Å². The van der Waals surface area contributed by atoms with Gasteiger partial charge in [0.1, 0.15) is 11.9 Å². The molecule has 2 aromatic carbocycles. The van der Waals surface area contributed by atoms with Gasteiger partial charge in [-0.25, -0.2) is 4.39 Å². The summed E-state index contributed by atoms with van der Waals surface area (Å²) in [6, 6.07) is 12.8. The van der Waals surface area contributed by atoms with E-state index in [1.54, 1.807) is 6.92 Å². The molecule has 8 heteroatoms. The highest BCUT2D eigenvalue weighted by atomic mass is 19.1. The molecular weight excluding hydrogens is 411 g/mol. The molecule has 1 saturated heterocycles. The van der Waals surface area contributed by atoms with Crippen molar-refractivity contribution >= 4 is 34.3 Å². The predicted octanol–water partition coefficient (Wildman–Crippen LogP) is 2.52. The predicted molar refractivity (Wildman–Crippen MR) is 119 cm³/mol. The Labute approximate surface area is 185 Å². The Bertz CT molecular complexity index is 1140. The summed E-state index contributed by atoms with van der Waals surface area (Å²) in [6.45, 7) is 2.26. The average Bonchev–Trinajstić information content (AvgIpc) is 3.38. The van der Waals surface area contributed by atoms with Crippen LogP contribution in [-0.2, 0) is 20.8 Å². The van der Waals surface area contributed by atoms with Gasteiger partial charge >= 0.3 is 0 Å². The number of rotatable bonds is 7. The summed E-state index contributed by atoms with van der Waals surface area (Å²) in [6.07, 6.45) is 2.66. The van der Waals surface area contributed by atoms with Gasteiger partial charge in [-0.3, -0.25) is 14.4 Å². The third kappa shape index (κ3) is 4.64. The number of carbonyl (C=O) groups is 3. The van der Waals surface area contributed by atoms with Crippen molar-refractivity contribution in [3.63, 3.8) is 0 Å². The largest absolute Gasteiger partial charge is 0.361 e. The van der Waals surface area contributed by atoms with E-state index >= 15 is 0 Å². The number of anilines is 1. The first-order chi connectivity index (χ1) is 15.4. The molecule has 0 saturated carbocycles. The number of benzene rings is 2. The van der Waals surface area contributed by atoms with Crippen molar-refractivity contribution in [1.29, 1.82) is 0 Å². The first kappa shape index (κ1) is 21.5. The Morgan fingerprint density at radius 2 is 1.94 bits per heavy atom. The lowest BCUT2D eigenvalue weighted by atomic mass is 10.1. The first-order valence-electron chi connectivity index (χ1n) is 10.6. The van der Waals surface area contributed by atoms with Crippen LogP contribution in [0.1, 0.15) is 18.9 Å². The van der Waals surface area contributed by atoms with Crippen LogP contribution in [0.2, 0.25) is 0 Å². The number of fused-ring (bicyclic) bond motifs is 1. The number of hydrogen-bond donors (Lipinski definition) is 3. The number of para-hydroxylation sites is 1. The maximum Gasteiger partial charge on any atom is 0.242 e. The maximum atomic E-state index is 13.1. The topological polar surface area (TPSA) is 94.3 Å². The highest BCUT2D eigenvalue weighted by molar-refractivity contribution is 6.01. The van der Waals surface area contributed by atoms with Crippen molar-refractivity contribution in [2.45, 2.75) is 25.8 Å². The van der Waals surface area contributed by atoms with E-state index in [-0.39, 0.29) is 36.5 Å². The van der Waals surface area contributed by atoms with Crippen LogP contribution in [-0.4, -0.2) is 41.8 Å². The van der Waals surface area contributed by atoms with E-state index in [0.29, 0.717) is 18.7 Å². The summed E-state index contributed by atoms with van der Waals surface area (Å²) in [5, 5.41) is 6.67. The average molecular weight is 436 g/mol. The van der Waals surface area contributed by atoms with Crippen LogP contribution in [0.3, 0.4) is 0 Å². The molecule has 4 rings (SSSR count). The molecule has 2 atom stereocenters. The van der Waals surface area contributed by atoms with Gasteiger partial charge in [0.2, 0.25) is 17.7 Å². The minimum Gasteiger partial charge on any atom is -0.361 e. The van der Waals surface area contributed by atoms with Crippen LogP contribution >= 0.6 is 0 Å². The number of hydrogen-bond acceptors (Lipinski definition) is 3. The molecule has 1 aliphatic heterocycles. The number of aromatic nitrogens is 1. The number of carbonyl (C=O) groups excluding carboxylic acids is 3. The highest BCUT2D eigenvalue weighted by Gasteiger charge is 2.36.